The lowest BCUT2D eigenvalue weighted by molar-refractivity contribution is -0.384. The van der Waals surface area contributed by atoms with Crippen LogP contribution in [0, 0.1) is 17.0 Å². The first-order chi connectivity index (χ1) is 11.8. The lowest BCUT2D eigenvalue weighted by Crippen LogP contribution is -2.20. The summed E-state index contributed by atoms with van der Waals surface area (Å²) in [6, 6.07) is 10.0. The number of hydrogen-bond donors (Lipinski definition) is 1. The predicted octanol–water partition coefficient (Wildman–Crippen LogP) is 4.81. The van der Waals surface area contributed by atoms with E-state index in [0.29, 0.717) is 17.4 Å². The summed E-state index contributed by atoms with van der Waals surface area (Å²) in [5.74, 6) is 0.573. The number of amides is 1. The Morgan fingerprint density at radius 1 is 1.28 bits per heavy atom. The molecule has 1 N–H and O–H groups in total. The van der Waals surface area contributed by atoms with Crippen molar-refractivity contribution in [2.24, 2.45) is 0 Å². The Hall–Kier alpha value is -2.41. The van der Waals surface area contributed by atoms with E-state index in [1.54, 1.807) is 13.0 Å². The Bertz CT molecular complexity index is 806. The normalized spacial score (nSPS) is 10.6. The third kappa shape index (κ3) is 5.03. The molecule has 0 fully saturated rings. The van der Waals surface area contributed by atoms with Gasteiger partial charge >= 0.3 is 0 Å². The topological polar surface area (TPSA) is 81.5 Å². The van der Waals surface area contributed by atoms with E-state index in [2.05, 4.69) is 35.1 Å². The molecule has 2 aromatic carbocycles. The molecule has 7 heteroatoms. The molecule has 2 rings (SSSR count). The van der Waals surface area contributed by atoms with Crippen LogP contribution in [0.25, 0.3) is 0 Å². The van der Waals surface area contributed by atoms with Gasteiger partial charge < -0.3 is 10.1 Å². The summed E-state index contributed by atoms with van der Waals surface area (Å²) in [5, 5.41) is 13.5. The number of nitrogens with one attached hydrogen (secondary N) is 1. The number of nitrogens with zero attached hydrogens (tertiary/aromatic N) is 1. The molecule has 0 bridgehead atoms. The zero-order valence-corrected chi connectivity index (χ0v) is 15.8. The first-order valence-electron chi connectivity index (χ1n) is 7.75. The van der Waals surface area contributed by atoms with Crippen molar-refractivity contribution >= 4 is 33.2 Å². The average Bonchev–Trinajstić information content (AvgIpc) is 2.55. The first-order valence-corrected chi connectivity index (χ1v) is 8.54. The molecule has 0 unspecified atom stereocenters. The molecule has 0 saturated carbocycles. The molecule has 0 heterocycles. The van der Waals surface area contributed by atoms with E-state index < -0.39 is 4.92 Å². The molecule has 0 radical (unpaired) electrons. The van der Waals surface area contributed by atoms with E-state index in [1.807, 2.05) is 18.2 Å². The second-order valence-corrected chi connectivity index (χ2v) is 6.79. The fraction of sp³-hybridized carbons (Fsp3) is 0.278. The highest BCUT2D eigenvalue weighted by Crippen LogP contribution is 2.29. The summed E-state index contributed by atoms with van der Waals surface area (Å²) in [6.45, 7) is 5.76. The standard InChI is InChI=1S/C18H19BrN2O4/c1-11(2)13-5-7-17(15(19)8-13)25-10-18(22)20-16-9-14(21(23)24)6-4-12(16)3/h4-9,11H,10H2,1-3H3,(H,20,22). The summed E-state index contributed by atoms with van der Waals surface area (Å²) < 4.78 is 6.31. The number of non-ortho nitro benzene ring substituents is 1. The van der Waals surface area contributed by atoms with Crippen molar-refractivity contribution in [3.63, 3.8) is 0 Å². The molecule has 0 aliphatic rings. The number of carbonyl (C=O) groups is 1. The van der Waals surface area contributed by atoms with Crippen LogP contribution >= 0.6 is 15.9 Å². The van der Waals surface area contributed by atoms with Gasteiger partial charge in [0.1, 0.15) is 5.75 Å². The largest absolute Gasteiger partial charge is 0.483 e. The average molecular weight is 407 g/mol. The summed E-state index contributed by atoms with van der Waals surface area (Å²) >= 11 is 3.44. The number of anilines is 1. The lowest BCUT2D eigenvalue weighted by atomic mass is 10.0. The van der Waals surface area contributed by atoms with Gasteiger partial charge in [-0.2, -0.15) is 0 Å². The molecule has 0 aliphatic carbocycles. The molecule has 0 atom stereocenters. The van der Waals surface area contributed by atoms with Crippen molar-refractivity contribution < 1.29 is 14.5 Å². The molecule has 0 spiro atoms. The zero-order valence-electron chi connectivity index (χ0n) is 14.2. The van der Waals surface area contributed by atoms with Gasteiger partial charge in [-0.05, 0) is 52.0 Å². The number of aryl methyl sites for hydroxylation is 1. The van der Waals surface area contributed by atoms with Crippen LogP contribution in [0.2, 0.25) is 0 Å². The Labute approximate surface area is 154 Å². The number of ether oxygens (including phenoxy) is 1. The second kappa shape index (κ2) is 8.11. The smallest absolute Gasteiger partial charge is 0.271 e. The lowest BCUT2D eigenvalue weighted by Gasteiger charge is -2.12. The molecule has 6 nitrogen and oxygen atoms in total. The van der Waals surface area contributed by atoms with Crippen molar-refractivity contribution in [2.45, 2.75) is 26.7 Å². The Balaban J connectivity index is 2.02. The minimum atomic E-state index is -0.501. The Morgan fingerprint density at radius 2 is 2.00 bits per heavy atom. The second-order valence-electron chi connectivity index (χ2n) is 5.94. The maximum atomic E-state index is 12.1. The van der Waals surface area contributed by atoms with Crippen LogP contribution in [0.1, 0.15) is 30.9 Å². The van der Waals surface area contributed by atoms with Crippen LogP contribution in [0.15, 0.2) is 40.9 Å². The summed E-state index contributed by atoms with van der Waals surface area (Å²) in [5.41, 5.74) is 2.23. The van der Waals surface area contributed by atoms with Crippen molar-refractivity contribution in [3.8, 4) is 5.75 Å². The van der Waals surface area contributed by atoms with Crippen LogP contribution in [0.4, 0.5) is 11.4 Å². The van der Waals surface area contributed by atoms with Crippen LogP contribution in [-0.4, -0.2) is 17.4 Å². The van der Waals surface area contributed by atoms with E-state index in [1.165, 1.54) is 12.1 Å². The van der Waals surface area contributed by atoms with Gasteiger partial charge in [0.25, 0.3) is 11.6 Å². The zero-order chi connectivity index (χ0) is 18.6. The number of nitro benzene ring substituents is 1. The highest BCUT2D eigenvalue weighted by atomic mass is 79.9. The highest BCUT2D eigenvalue weighted by Gasteiger charge is 2.12. The van der Waals surface area contributed by atoms with Gasteiger partial charge in [0, 0.05) is 12.1 Å². The minimum absolute atomic E-state index is 0.0752. The molecule has 0 saturated heterocycles. The molecular formula is C18H19BrN2O4. The number of hydrogen-bond acceptors (Lipinski definition) is 4. The molecular weight excluding hydrogens is 388 g/mol. The number of halogens is 1. The Morgan fingerprint density at radius 3 is 2.60 bits per heavy atom. The summed E-state index contributed by atoms with van der Waals surface area (Å²) in [7, 11) is 0. The van der Waals surface area contributed by atoms with Crippen molar-refractivity contribution in [2.75, 3.05) is 11.9 Å². The Kier molecular flexibility index (Phi) is 6.14. The monoisotopic (exact) mass is 406 g/mol. The molecule has 1 amide bonds. The van der Waals surface area contributed by atoms with Crippen molar-refractivity contribution in [3.05, 3.63) is 62.1 Å². The van der Waals surface area contributed by atoms with Crippen molar-refractivity contribution in [1.82, 2.24) is 0 Å². The van der Waals surface area contributed by atoms with E-state index >= 15 is 0 Å². The number of nitro groups is 1. The van der Waals surface area contributed by atoms with Gasteiger partial charge in [-0.3, -0.25) is 14.9 Å². The van der Waals surface area contributed by atoms with Gasteiger partial charge in [-0.25, -0.2) is 0 Å². The minimum Gasteiger partial charge on any atom is -0.483 e. The van der Waals surface area contributed by atoms with E-state index in [0.717, 1.165) is 15.6 Å². The van der Waals surface area contributed by atoms with E-state index in [-0.39, 0.29) is 18.2 Å². The SMILES string of the molecule is Cc1ccc([N+](=O)[O-])cc1NC(=O)COc1ccc(C(C)C)cc1Br. The summed E-state index contributed by atoms with van der Waals surface area (Å²) in [6.07, 6.45) is 0. The van der Waals surface area contributed by atoms with Gasteiger partial charge in [0.05, 0.1) is 15.1 Å². The quantitative estimate of drug-likeness (QED) is 0.551. The maximum absolute atomic E-state index is 12.1. The van der Waals surface area contributed by atoms with Crippen LogP contribution < -0.4 is 10.1 Å². The molecule has 2 aromatic rings. The molecule has 132 valence electrons. The fourth-order valence-corrected chi connectivity index (χ4v) is 2.69. The van der Waals surface area contributed by atoms with Gasteiger partial charge in [-0.1, -0.05) is 26.0 Å². The van der Waals surface area contributed by atoms with Gasteiger partial charge in [0.2, 0.25) is 0 Å². The van der Waals surface area contributed by atoms with Crippen LogP contribution in [-0.2, 0) is 4.79 Å². The molecule has 0 aromatic heterocycles. The summed E-state index contributed by atoms with van der Waals surface area (Å²) in [4.78, 5) is 22.4. The van der Waals surface area contributed by atoms with Gasteiger partial charge in [-0.15, -0.1) is 0 Å². The number of benzene rings is 2. The van der Waals surface area contributed by atoms with Crippen LogP contribution in [0.5, 0.6) is 5.75 Å². The highest BCUT2D eigenvalue weighted by molar-refractivity contribution is 9.10. The number of carbonyl (C=O) groups excluding carboxylic acids is 1. The molecule has 25 heavy (non-hydrogen) atoms. The third-order valence-corrected chi connectivity index (χ3v) is 4.31. The van der Waals surface area contributed by atoms with E-state index in [4.69, 9.17) is 4.74 Å². The first kappa shape index (κ1) is 18.9. The van der Waals surface area contributed by atoms with Gasteiger partial charge in [0.15, 0.2) is 6.61 Å². The maximum Gasteiger partial charge on any atom is 0.271 e. The third-order valence-electron chi connectivity index (χ3n) is 3.69. The van der Waals surface area contributed by atoms with E-state index in [9.17, 15) is 14.9 Å². The van der Waals surface area contributed by atoms with Crippen molar-refractivity contribution in [1.29, 1.82) is 0 Å². The predicted molar refractivity (Wildman–Crippen MR) is 100 cm³/mol. The number of rotatable bonds is 6. The molecule has 0 aliphatic heterocycles. The van der Waals surface area contributed by atoms with Crippen LogP contribution in [0.3, 0.4) is 0 Å². The fourth-order valence-electron chi connectivity index (χ4n) is 2.18.